The Balaban J connectivity index is 2.83. The van der Waals surface area contributed by atoms with Crippen molar-refractivity contribution < 1.29 is 18.0 Å². The third-order valence-electron chi connectivity index (χ3n) is 2.33. The Morgan fingerprint density at radius 3 is 2.68 bits per heavy atom. The average Bonchev–Trinajstić information content (AvgIpc) is 2.28. The number of nitrogens with one attached hydrogen (secondary N) is 2. The van der Waals surface area contributed by atoms with Crippen molar-refractivity contribution in [3.63, 3.8) is 0 Å². The molecule has 1 heterocycles. The van der Waals surface area contributed by atoms with Crippen molar-refractivity contribution in [1.82, 2.24) is 4.98 Å². The molecule has 0 aliphatic carbocycles. The maximum Gasteiger partial charge on any atom is 0.417 e. The van der Waals surface area contributed by atoms with Gasteiger partial charge in [0.15, 0.2) is 0 Å². The number of rotatable bonds is 4. The van der Waals surface area contributed by atoms with Gasteiger partial charge in [0.05, 0.1) is 5.56 Å². The first-order valence-corrected chi connectivity index (χ1v) is 5.55. The molecule has 0 spiro atoms. The SMILES string of the molecule is CC(N)CCC(=O)Nc1cc(C(F)(F)F)c[nH]c1=O. The molecule has 1 rings (SSSR count). The summed E-state index contributed by atoms with van der Waals surface area (Å²) >= 11 is 0. The number of alkyl halides is 3. The quantitative estimate of drug-likeness (QED) is 0.778. The molecule has 106 valence electrons. The topological polar surface area (TPSA) is 88.0 Å². The molecule has 1 aromatic heterocycles. The number of pyridine rings is 1. The zero-order chi connectivity index (χ0) is 14.6. The van der Waals surface area contributed by atoms with Crippen LogP contribution in [0, 0.1) is 0 Å². The highest BCUT2D eigenvalue weighted by molar-refractivity contribution is 5.90. The first-order valence-electron chi connectivity index (χ1n) is 5.55. The van der Waals surface area contributed by atoms with Crippen LogP contribution in [0.15, 0.2) is 17.1 Å². The Morgan fingerprint density at radius 1 is 1.53 bits per heavy atom. The maximum absolute atomic E-state index is 12.4. The van der Waals surface area contributed by atoms with Crippen molar-refractivity contribution in [3.8, 4) is 0 Å². The van der Waals surface area contributed by atoms with Gasteiger partial charge in [0.1, 0.15) is 5.69 Å². The van der Waals surface area contributed by atoms with E-state index < -0.39 is 28.9 Å². The van der Waals surface area contributed by atoms with Crippen molar-refractivity contribution in [3.05, 3.63) is 28.2 Å². The predicted octanol–water partition coefficient (Wildman–Crippen LogP) is 1.46. The van der Waals surface area contributed by atoms with Gasteiger partial charge in [-0.3, -0.25) is 9.59 Å². The number of carbonyl (C=O) groups excluding carboxylic acids is 1. The zero-order valence-electron chi connectivity index (χ0n) is 10.2. The largest absolute Gasteiger partial charge is 0.417 e. The van der Waals surface area contributed by atoms with Crippen LogP contribution < -0.4 is 16.6 Å². The third-order valence-corrected chi connectivity index (χ3v) is 2.33. The summed E-state index contributed by atoms with van der Waals surface area (Å²) in [7, 11) is 0. The van der Waals surface area contributed by atoms with Gasteiger partial charge < -0.3 is 16.0 Å². The Bertz CT molecular complexity index is 509. The molecule has 0 fully saturated rings. The van der Waals surface area contributed by atoms with Crippen LogP contribution >= 0.6 is 0 Å². The van der Waals surface area contributed by atoms with E-state index in [1.54, 1.807) is 6.92 Å². The minimum absolute atomic E-state index is 0.0351. The summed E-state index contributed by atoms with van der Waals surface area (Å²) in [5, 5.41) is 2.14. The molecule has 0 aliphatic rings. The molecule has 0 aliphatic heterocycles. The molecule has 1 unspecified atom stereocenters. The highest BCUT2D eigenvalue weighted by Gasteiger charge is 2.31. The van der Waals surface area contributed by atoms with Crippen molar-refractivity contribution >= 4 is 11.6 Å². The van der Waals surface area contributed by atoms with Gasteiger partial charge in [-0.15, -0.1) is 0 Å². The minimum atomic E-state index is -4.59. The number of hydrogen-bond donors (Lipinski definition) is 3. The smallest absolute Gasteiger partial charge is 0.328 e. The van der Waals surface area contributed by atoms with Crippen LogP contribution in [0.1, 0.15) is 25.3 Å². The Morgan fingerprint density at radius 2 is 2.16 bits per heavy atom. The number of nitrogens with two attached hydrogens (primary N) is 1. The van der Waals surface area contributed by atoms with E-state index in [-0.39, 0.29) is 12.5 Å². The molecule has 1 atom stereocenters. The number of aromatic amines is 1. The molecule has 1 aromatic rings. The van der Waals surface area contributed by atoms with Gasteiger partial charge in [0.25, 0.3) is 5.56 Å². The number of aromatic nitrogens is 1. The monoisotopic (exact) mass is 277 g/mol. The predicted molar refractivity (Wildman–Crippen MR) is 63.6 cm³/mol. The molecule has 0 saturated carbocycles. The highest BCUT2D eigenvalue weighted by Crippen LogP contribution is 2.29. The molecular formula is C11H14F3N3O2. The van der Waals surface area contributed by atoms with Crippen LogP contribution in [-0.4, -0.2) is 16.9 Å². The zero-order valence-corrected chi connectivity index (χ0v) is 10.2. The van der Waals surface area contributed by atoms with E-state index in [9.17, 15) is 22.8 Å². The van der Waals surface area contributed by atoms with Gasteiger partial charge in [0, 0.05) is 18.7 Å². The summed E-state index contributed by atoms with van der Waals surface area (Å²) in [5.41, 5.74) is 3.20. The van der Waals surface area contributed by atoms with E-state index in [0.717, 1.165) is 0 Å². The van der Waals surface area contributed by atoms with Crippen LogP contribution in [0.4, 0.5) is 18.9 Å². The average molecular weight is 277 g/mol. The summed E-state index contributed by atoms with van der Waals surface area (Å²) in [5.74, 6) is -0.554. The number of amides is 1. The standard InChI is InChI=1S/C11H14F3N3O2/c1-6(15)2-3-9(18)17-8-4-7(11(12,13)14)5-16-10(8)19/h4-6H,2-3,15H2,1H3,(H,16,19)(H,17,18). The Hall–Kier alpha value is -1.83. The van der Waals surface area contributed by atoms with E-state index in [1.165, 1.54) is 0 Å². The Labute approximate surface area is 107 Å². The van der Waals surface area contributed by atoms with Crippen LogP contribution in [-0.2, 0) is 11.0 Å². The second kappa shape index (κ2) is 5.87. The molecule has 19 heavy (non-hydrogen) atoms. The van der Waals surface area contributed by atoms with Crippen molar-refractivity contribution in [2.75, 3.05) is 5.32 Å². The lowest BCUT2D eigenvalue weighted by atomic mass is 10.2. The van der Waals surface area contributed by atoms with Crippen LogP contribution in [0.3, 0.4) is 0 Å². The van der Waals surface area contributed by atoms with Crippen molar-refractivity contribution in [2.45, 2.75) is 32.0 Å². The number of H-pyrrole nitrogens is 1. The third kappa shape index (κ3) is 4.74. The van der Waals surface area contributed by atoms with Gasteiger partial charge in [-0.1, -0.05) is 0 Å². The fourth-order valence-corrected chi connectivity index (χ4v) is 1.31. The van der Waals surface area contributed by atoms with E-state index in [4.69, 9.17) is 5.73 Å². The van der Waals surface area contributed by atoms with Crippen LogP contribution in [0.25, 0.3) is 0 Å². The lowest BCUT2D eigenvalue weighted by molar-refractivity contribution is -0.137. The summed E-state index contributed by atoms with van der Waals surface area (Å²) < 4.78 is 37.3. The van der Waals surface area contributed by atoms with Crippen LogP contribution in [0.5, 0.6) is 0 Å². The van der Waals surface area contributed by atoms with Gasteiger partial charge in [-0.05, 0) is 19.4 Å². The lowest BCUT2D eigenvalue weighted by Gasteiger charge is -2.09. The van der Waals surface area contributed by atoms with Crippen molar-refractivity contribution in [2.24, 2.45) is 5.73 Å². The maximum atomic E-state index is 12.4. The van der Waals surface area contributed by atoms with E-state index >= 15 is 0 Å². The van der Waals surface area contributed by atoms with Gasteiger partial charge in [-0.2, -0.15) is 13.2 Å². The fourth-order valence-electron chi connectivity index (χ4n) is 1.31. The summed E-state index contributed by atoms with van der Waals surface area (Å²) in [4.78, 5) is 24.7. The first kappa shape index (κ1) is 15.2. The lowest BCUT2D eigenvalue weighted by Crippen LogP contribution is -2.23. The second-order valence-corrected chi connectivity index (χ2v) is 4.19. The van der Waals surface area contributed by atoms with Crippen LogP contribution in [0.2, 0.25) is 0 Å². The second-order valence-electron chi connectivity index (χ2n) is 4.19. The Kier molecular flexibility index (Phi) is 4.71. The number of hydrogen-bond acceptors (Lipinski definition) is 3. The summed E-state index contributed by atoms with van der Waals surface area (Å²) in [6.45, 7) is 1.70. The highest BCUT2D eigenvalue weighted by atomic mass is 19.4. The molecule has 1 amide bonds. The van der Waals surface area contributed by atoms with Crippen molar-refractivity contribution in [1.29, 1.82) is 0 Å². The number of anilines is 1. The van der Waals surface area contributed by atoms with Gasteiger partial charge >= 0.3 is 6.18 Å². The normalized spacial score (nSPS) is 13.1. The summed E-state index contributed by atoms with van der Waals surface area (Å²) in [6, 6.07) is 0.397. The fraction of sp³-hybridized carbons (Fsp3) is 0.455. The first-order chi connectivity index (χ1) is 8.70. The molecule has 8 heteroatoms. The molecule has 0 radical (unpaired) electrons. The van der Waals surface area contributed by atoms with Gasteiger partial charge in [-0.25, -0.2) is 0 Å². The van der Waals surface area contributed by atoms with Gasteiger partial charge in [0.2, 0.25) is 5.91 Å². The molecule has 0 bridgehead atoms. The van der Waals surface area contributed by atoms with E-state index in [2.05, 4.69) is 5.32 Å². The number of halogens is 3. The summed E-state index contributed by atoms with van der Waals surface area (Å²) in [6.07, 6.45) is -3.62. The molecule has 5 nitrogen and oxygen atoms in total. The molecular weight excluding hydrogens is 263 g/mol. The number of carbonyl (C=O) groups is 1. The molecule has 4 N–H and O–H groups in total. The van der Waals surface area contributed by atoms with E-state index in [1.807, 2.05) is 4.98 Å². The molecule has 0 saturated heterocycles. The minimum Gasteiger partial charge on any atom is -0.328 e. The van der Waals surface area contributed by atoms with E-state index in [0.29, 0.717) is 18.7 Å². The molecule has 0 aromatic carbocycles.